The summed E-state index contributed by atoms with van der Waals surface area (Å²) in [5.74, 6) is 5.62. The topological polar surface area (TPSA) is 122 Å². The highest BCUT2D eigenvalue weighted by atomic mass is 16.3. The molecule has 73 heavy (non-hydrogen) atoms. The van der Waals surface area contributed by atoms with Crippen LogP contribution in [-0.4, -0.2) is 91.6 Å². The lowest BCUT2D eigenvalue weighted by Crippen LogP contribution is -2.52. The normalized spacial score (nSPS) is 55.1. The maximum absolute atomic E-state index is 15.6. The molecule has 8 nitrogen and oxygen atoms in total. The molecule has 12 fully saturated rings. The number of hydrogen-bond acceptors (Lipinski definition) is 6. The first-order valence-electron chi connectivity index (χ1n) is 31.5. The van der Waals surface area contributed by atoms with Crippen molar-refractivity contribution in [3.8, 4) is 0 Å². The molecule has 24 atom stereocenters. The van der Waals surface area contributed by atoms with Crippen molar-refractivity contribution in [2.75, 3.05) is 13.1 Å². The summed E-state index contributed by atoms with van der Waals surface area (Å²) in [4.78, 5) is 35.8. The summed E-state index contributed by atoms with van der Waals surface area (Å²) in [6.45, 7) is 30.5. The van der Waals surface area contributed by atoms with Gasteiger partial charge in [-0.3, -0.25) is 9.59 Å². The average Bonchev–Trinajstić information content (AvgIpc) is 3.99. The highest BCUT2D eigenvalue weighted by Crippen LogP contribution is 2.78. The van der Waals surface area contributed by atoms with Gasteiger partial charge in [0.15, 0.2) is 0 Å². The second-order valence-corrected chi connectivity index (χ2v) is 33.1. The van der Waals surface area contributed by atoms with Gasteiger partial charge in [-0.05, 0) is 224 Å². The van der Waals surface area contributed by atoms with Gasteiger partial charge in [0.25, 0.3) is 0 Å². The van der Waals surface area contributed by atoms with E-state index in [4.69, 9.17) is 0 Å². The summed E-state index contributed by atoms with van der Waals surface area (Å²) in [5.41, 5.74) is -0.258. The fourth-order valence-electron chi connectivity index (χ4n) is 25.5. The Morgan fingerprint density at radius 1 is 0.384 bits per heavy atom. The van der Waals surface area contributed by atoms with Crippen molar-refractivity contribution in [2.24, 2.45) is 126 Å². The minimum Gasteiger partial charge on any atom is -0.393 e. The van der Waals surface area contributed by atoms with Crippen LogP contribution in [0.2, 0.25) is 0 Å². The van der Waals surface area contributed by atoms with Crippen molar-refractivity contribution in [1.82, 2.24) is 9.80 Å². The van der Waals surface area contributed by atoms with Gasteiger partial charge in [0.2, 0.25) is 11.8 Å². The molecule has 10 aliphatic carbocycles. The Morgan fingerprint density at radius 3 is 1.03 bits per heavy atom. The Bertz CT molecular complexity index is 2020. The third kappa shape index (κ3) is 7.26. The standard InChI is InChI=1S/C65H106N2O6/c1-36-24-40-44(28-52(36)68)64(32-58(40,3)4)34-60(7,8)42-26-48(54(70)30-46(42)64)62(11)38-18-13-15-20-50(38)66(56(62)72)22-17-23-67-51-21-16-14-19-39(51)63(12,57(67)73)49-27-43-47(31-55(49)71)65(35-61(43,9)10)33-59(5,6)41-25-37(2)53(69)29-45(41)65/h36-55,68-71H,13-35H2,1-12H3. The van der Waals surface area contributed by atoms with E-state index in [-0.39, 0.29) is 92.3 Å². The molecule has 12 rings (SSSR count). The van der Waals surface area contributed by atoms with Gasteiger partial charge in [-0.15, -0.1) is 0 Å². The van der Waals surface area contributed by atoms with Crippen LogP contribution < -0.4 is 0 Å². The minimum atomic E-state index is -0.599. The van der Waals surface area contributed by atoms with E-state index >= 15 is 9.59 Å². The van der Waals surface area contributed by atoms with E-state index in [1.807, 2.05) is 0 Å². The number of hydrogen-bond donors (Lipinski definition) is 4. The van der Waals surface area contributed by atoms with E-state index in [1.165, 1.54) is 25.7 Å². The summed E-state index contributed by atoms with van der Waals surface area (Å²) in [6.07, 6.45) is 20.3. The lowest BCUT2D eigenvalue weighted by Gasteiger charge is -2.51. The quantitative estimate of drug-likeness (QED) is 0.210. The zero-order valence-corrected chi connectivity index (χ0v) is 48.3. The van der Waals surface area contributed by atoms with Gasteiger partial charge in [-0.1, -0.05) is 109 Å². The molecule has 24 unspecified atom stereocenters. The predicted molar refractivity (Wildman–Crippen MR) is 288 cm³/mol. The molecule has 0 aromatic rings. The molecule has 412 valence electrons. The third-order valence-corrected chi connectivity index (χ3v) is 28.1. The molecule has 12 aliphatic rings. The van der Waals surface area contributed by atoms with Crippen molar-refractivity contribution in [1.29, 1.82) is 0 Å². The van der Waals surface area contributed by atoms with Gasteiger partial charge >= 0.3 is 0 Å². The smallest absolute Gasteiger partial charge is 0.229 e. The molecule has 10 saturated carbocycles. The summed E-state index contributed by atoms with van der Waals surface area (Å²) >= 11 is 0. The molecule has 0 radical (unpaired) electrons. The van der Waals surface area contributed by atoms with Crippen molar-refractivity contribution in [2.45, 2.75) is 254 Å². The monoisotopic (exact) mass is 1010 g/mol. The number of amides is 2. The van der Waals surface area contributed by atoms with Gasteiger partial charge in [0.05, 0.1) is 35.2 Å². The van der Waals surface area contributed by atoms with E-state index in [2.05, 4.69) is 92.9 Å². The third-order valence-electron chi connectivity index (χ3n) is 28.1. The van der Waals surface area contributed by atoms with Crippen molar-refractivity contribution < 1.29 is 30.0 Å². The number of fused-ring (bicyclic) bond motifs is 10. The first-order valence-corrected chi connectivity index (χ1v) is 31.5. The van der Waals surface area contributed by atoms with Crippen molar-refractivity contribution >= 4 is 11.8 Å². The first kappa shape index (κ1) is 52.5. The SMILES string of the molecule is CC1CC2C(CC1O)C1(CC2(C)C)CC(C)(C)C2CC(C3(C)C(=O)N(CCCN4C(=O)C(C)(C5CC6C(CC5O)C5(CC(C)(C)C7CC(C)C(O)CC75)CC6(C)C)C5CCCCC54)C4CCCCC43)C(O)CC21. The maximum atomic E-state index is 15.6. The number of aliphatic hydroxyl groups excluding tert-OH is 4. The first-order chi connectivity index (χ1) is 34.1. The fraction of sp³-hybridized carbons (Fsp3) is 0.969. The van der Waals surface area contributed by atoms with Crippen LogP contribution in [0.15, 0.2) is 0 Å². The Kier molecular flexibility index (Phi) is 12.3. The summed E-state index contributed by atoms with van der Waals surface area (Å²) < 4.78 is 0. The number of likely N-dealkylation sites (tertiary alicyclic amines) is 2. The molecule has 2 aliphatic heterocycles. The van der Waals surface area contributed by atoms with E-state index < -0.39 is 23.0 Å². The molecule has 2 amide bonds. The van der Waals surface area contributed by atoms with E-state index in [1.54, 1.807) is 0 Å². The van der Waals surface area contributed by atoms with Crippen LogP contribution in [0.5, 0.6) is 0 Å². The summed E-state index contributed by atoms with van der Waals surface area (Å²) in [5, 5.41) is 48.2. The zero-order valence-electron chi connectivity index (χ0n) is 48.3. The lowest BCUT2D eigenvalue weighted by molar-refractivity contribution is -0.149. The molecule has 8 heteroatoms. The number of aliphatic hydroxyl groups is 4. The minimum absolute atomic E-state index is 0.0573. The summed E-state index contributed by atoms with van der Waals surface area (Å²) in [7, 11) is 0. The predicted octanol–water partition coefficient (Wildman–Crippen LogP) is 11.9. The molecule has 2 saturated heterocycles. The van der Waals surface area contributed by atoms with Gasteiger partial charge in [0, 0.05) is 25.2 Å². The Hall–Kier alpha value is -1.22. The van der Waals surface area contributed by atoms with Crippen LogP contribution in [0, 0.1) is 126 Å². The van der Waals surface area contributed by atoms with Crippen LogP contribution >= 0.6 is 0 Å². The van der Waals surface area contributed by atoms with E-state index in [0.717, 1.165) is 109 Å². The highest BCUT2D eigenvalue weighted by Gasteiger charge is 2.74. The second-order valence-electron chi connectivity index (χ2n) is 33.1. The molecule has 0 aromatic heterocycles. The molecule has 2 spiro atoms. The van der Waals surface area contributed by atoms with Gasteiger partial charge in [-0.25, -0.2) is 0 Å². The molecular weight excluding hydrogens is 905 g/mol. The number of rotatable bonds is 6. The average molecular weight is 1010 g/mol. The van der Waals surface area contributed by atoms with Crippen molar-refractivity contribution in [3.05, 3.63) is 0 Å². The van der Waals surface area contributed by atoms with Crippen LogP contribution in [0.4, 0.5) is 0 Å². The summed E-state index contributed by atoms with van der Waals surface area (Å²) in [6, 6.07) is 0.403. The number of carbonyl (C=O) groups excluding carboxylic acids is 2. The Balaban J connectivity index is 0.763. The zero-order chi connectivity index (χ0) is 52.1. The Morgan fingerprint density at radius 2 is 0.685 bits per heavy atom. The van der Waals surface area contributed by atoms with Gasteiger partial charge < -0.3 is 30.2 Å². The largest absolute Gasteiger partial charge is 0.393 e. The Labute approximate surface area is 443 Å². The van der Waals surface area contributed by atoms with Gasteiger partial charge in [-0.2, -0.15) is 0 Å². The van der Waals surface area contributed by atoms with Crippen LogP contribution in [0.1, 0.15) is 218 Å². The molecule has 0 bridgehead atoms. The lowest BCUT2D eigenvalue weighted by atomic mass is 9.53. The number of nitrogens with zero attached hydrogens (tertiary/aromatic N) is 2. The van der Waals surface area contributed by atoms with Gasteiger partial charge in [0.1, 0.15) is 0 Å². The van der Waals surface area contributed by atoms with Crippen LogP contribution in [0.3, 0.4) is 0 Å². The second kappa shape index (κ2) is 17.1. The van der Waals surface area contributed by atoms with Crippen molar-refractivity contribution in [3.63, 3.8) is 0 Å². The molecule has 2 heterocycles. The fourth-order valence-corrected chi connectivity index (χ4v) is 25.5. The maximum Gasteiger partial charge on any atom is 0.229 e. The van der Waals surface area contributed by atoms with Crippen LogP contribution in [0.25, 0.3) is 0 Å². The van der Waals surface area contributed by atoms with E-state index in [0.29, 0.717) is 72.3 Å². The van der Waals surface area contributed by atoms with E-state index in [9.17, 15) is 20.4 Å². The van der Waals surface area contributed by atoms with Crippen LogP contribution in [-0.2, 0) is 9.59 Å². The molecular formula is C65H106N2O6. The number of carbonyl (C=O) groups is 2. The molecule has 0 aromatic carbocycles. The highest BCUT2D eigenvalue weighted by molar-refractivity contribution is 5.87. The molecule has 4 N–H and O–H groups in total.